The molecule has 0 bridgehead atoms. The molecule has 0 spiro atoms. The van der Waals surface area contributed by atoms with E-state index in [1.54, 1.807) is 0 Å². The zero-order chi connectivity index (χ0) is 13.2. The molecule has 1 aromatic carbocycles. The van der Waals surface area contributed by atoms with Crippen molar-refractivity contribution in [2.75, 3.05) is 13.2 Å². The molecule has 0 aliphatic heterocycles. The van der Waals surface area contributed by atoms with Gasteiger partial charge in [-0.2, -0.15) is 0 Å². The van der Waals surface area contributed by atoms with Crippen LogP contribution in [-0.4, -0.2) is 19.2 Å². The fourth-order valence-corrected chi connectivity index (χ4v) is 1.36. The number of carbonyl (C=O) groups is 1. The number of hydrogen-bond acceptors (Lipinski definition) is 3. The lowest BCUT2D eigenvalue weighted by molar-refractivity contribution is 0.146. The van der Waals surface area contributed by atoms with Crippen molar-refractivity contribution in [2.24, 2.45) is 5.73 Å². The Morgan fingerprint density at radius 3 is 2.94 bits per heavy atom. The van der Waals surface area contributed by atoms with Crippen molar-refractivity contribution in [3.05, 3.63) is 35.4 Å². The van der Waals surface area contributed by atoms with Crippen molar-refractivity contribution >= 4 is 6.09 Å². The predicted molar refractivity (Wildman–Crippen MR) is 70.9 cm³/mol. The van der Waals surface area contributed by atoms with E-state index in [4.69, 9.17) is 10.5 Å². The van der Waals surface area contributed by atoms with Crippen molar-refractivity contribution < 1.29 is 9.53 Å². The van der Waals surface area contributed by atoms with Crippen LogP contribution in [0.15, 0.2) is 24.3 Å². The number of alkyl carbamates (subject to hydrolysis) is 1. The van der Waals surface area contributed by atoms with Gasteiger partial charge in [-0.3, -0.25) is 0 Å². The normalized spacial score (nSPS) is 9.22. The Bertz CT molecular complexity index is 447. The third-order valence-electron chi connectivity index (χ3n) is 2.20. The Morgan fingerprint density at radius 1 is 1.44 bits per heavy atom. The summed E-state index contributed by atoms with van der Waals surface area (Å²) < 4.78 is 4.93. The van der Waals surface area contributed by atoms with E-state index < -0.39 is 6.09 Å². The van der Waals surface area contributed by atoms with Crippen molar-refractivity contribution in [3.63, 3.8) is 0 Å². The number of ether oxygens (including phenoxy) is 1. The molecule has 0 aliphatic carbocycles. The maximum Gasteiger partial charge on any atom is 0.407 e. The van der Waals surface area contributed by atoms with Gasteiger partial charge in [0.15, 0.2) is 0 Å². The molecular weight excluding hydrogens is 228 g/mol. The number of amides is 1. The summed E-state index contributed by atoms with van der Waals surface area (Å²) in [6.45, 7) is 3.10. The zero-order valence-electron chi connectivity index (χ0n) is 10.5. The molecule has 4 nitrogen and oxygen atoms in total. The van der Waals surface area contributed by atoms with Gasteiger partial charge in [0.25, 0.3) is 0 Å². The Morgan fingerprint density at radius 2 is 2.22 bits per heavy atom. The largest absolute Gasteiger partial charge is 0.450 e. The lowest BCUT2D eigenvalue weighted by atomic mass is 10.1. The molecule has 0 atom stereocenters. The molecule has 18 heavy (non-hydrogen) atoms. The number of nitrogens with one attached hydrogen (secondary N) is 1. The summed E-state index contributed by atoms with van der Waals surface area (Å²) in [4.78, 5) is 11.3. The Balaban J connectivity index is 2.58. The van der Waals surface area contributed by atoms with Crippen molar-refractivity contribution in [1.29, 1.82) is 0 Å². The minimum absolute atomic E-state index is 0.320. The highest BCUT2D eigenvalue weighted by Crippen LogP contribution is 2.06. The second kappa shape index (κ2) is 8.15. The lowest BCUT2D eigenvalue weighted by Gasteiger charge is -2.07. The van der Waals surface area contributed by atoms with Crippen LogP contribution in [0.2, 0.25) is 0 Å². The highest BCUT2D eigenvalue weighted by atomic mass is 16.5. The molecule has 0 unspecified atom stereocenters. The highest BCUT2D eigenvalue weighted by Gasteiger charge is 2.03. The molecule has 0 heterocycles. The summed E-state index contributed by atoms with van der Waals surface area (Å²) in [5.41, 5.74) is 7.16. The molecule has 0 aliphatic rings. The molecule has 1 amide bonds. The van der Waals surface area contributed by atoms with Crippen LogP contribution in [0.4, 0.5) is 4.79 Å². The second-order valence-corrected chi connectivity index (χ2v) is 3.65. The van der Waals surface area contributed by atoms with Gasteiger partial charge in [-0.05, 0) is 18.1 Å². The summed E-state index contributed by atoms with van der Waals surface area (Å²) >= 11 is 0. The molecule has 0 saturated heterocycles. The number of benzene rings is 1. The molecule has 96 valence electrons. The number of hydrogen-bond donors (Lipinski definition) is 2. The minimum Gasteiger partial charge on any atom is -0.450 e. The van der Waals surface area contributed by atoms with Crippen molar-refractivity contribution in [1.82, 2.24) is 5.32 Å². The van der Waals surface area contributed by atoms with Gasteiger partial charge in [-0.1, -0.05) is 37.0 Å². The standard InChI is InChI=1S/C14H18N2O2/c1-2-10-18-14(17)16-11-13-7-4-3-6-12(13)8-5-9-15/h3-4,6-7H,2,9-11,15H2,1H3,(H,16,17). The van der Waals surface area contributed by atoms with Gasteiger partial charge in [-0.15, -0.1) is 0 Å². The third-order valence-corrected chi connectivity index (χ3v) is 2.20. The van der Waals surface area contributed by atoms with Gasteiger partial charge < -0.3 is 15.8 Å². The van der Waals surface area contributed by atoms with E-state index in [0.717, 1.165) is 17.5 Å². The fourth-order valence-electron chi connectivity index (χ4n) is 1.36. The van der Waals surface area contributed by atoms with Crippen LogP contribution in [0.3, 0.4) is 0 Å². The molecule has 1 aromatic rings. The van der Waals surface area contributed by atoms with Gasteiger partial charge in [0, 0.05) is 12.1 Å². The average molecular weight is 246 g/mol. The molecule has 1 rings (SSSR count). The monoisotopic (exact) mass is 246 g/mol. The maximum atomic E-state index is 11.3. The SMILES string of the molecule is CCCOC(=O)NCc1ccccc1C#CCN. The van der Waals surface area contributed by atoms with Gasteiger partial charge in [-0.25, -0.2) is 4.79 Å². The van der Waals surface area contributed by atoms with Crippen LogP contribution in [-0.2, 0) is 11.3 Å². The highest BCUT2D eigenvalue weighted by molar-refractivity contribution is 5.67. The van der Waals surface area contributed by atoms with E-state index in [0.29, 0.717) is 19.7 Å². The second-order valence-electron chi connectivity index (χ2n) is 3.65. The zero-order valence-corrected chi connectivity index (χ0v) is 10.5. The van der Waals surface area contributed by atoms with Gasteiger partial charge in [0.1, 0.15) is 0 Å². The van der Waals surface area contributed by atoms with E-state index >= 15 is 0 Å². The first-order valence-corrected chi connectivity index (χ1v) is 5.95. The molecule has 0 fully saturated rings. The van der Waals surface area contributed by atoms with Crippen LogP contribution in [0, 0.1) is 11.8 Å². The van der Waals surface area contributed by atoms with Gasteiger partial charge in [0.2, 0.25) is 0 Å². The average Bonchev–Trinajstić information content (AvgIpc) is 2.41. The Kier molecular flexibility index (Phi) is 6.37. The van der Waals surface area contributed by atoms with Crippen LogP contribution < -0.4 is 11.1 Å². The van der Waals surface area contributed by atoms with Crippen molar-refractivity contribution in [2.45, 2.75) is 19.9 Å². The Labute approximate surface area is 108 Å². The first-order valence-electron chi connectivity index (χ1n) is 5.95. The quantitative estimate of drug-likeness (QED) is 0.794. The Hall–Kier alpha value is -1.99. The number of carbonyl (C=O) groups excluding carboxylic acids is 1. The van der Waals surface area contributed by atoms with E-state index in [1.165, 1.54) is 0 Å². The molecule has 0 radical (unpaired) electrons. The first kappa shape index (κ1) is 14.1. The van der Waals surface area contributed by atoms with E-state index in [-0.39, 0.29) is 0 Å². The summed E-state index contributed by atoms with van der Waals surface area (Å²) in [5, 5.41) is 2.69. The summed E-state index contributed by atoms with van der Waals surface area (Å²) in [7, 11) is 0. The summed E-state index contributed by atoms with van der Waals surface area (Å²) in [5.74, 6) is 5.77. The third kappa shape index (κ3) is 4.89. The summed E-state index contributed by atoms with van der Waals surface area (Å²) in [6.07, 6.45) is 0.407. The minimum atomic E-state index is -0.404. The molecule has 0 aromatic heterocycles. The van der Waals surface area contributed by atoms with Crippen LogP contribution in [0.1, 0.15) is 24.5 Å². The topological polar surface area (TPSA) is 64.3 Å². The van der Waals surface area contributed by atoms with E-state index in [1.807, 2.05) is 31.2 Å². The van der Waals surface area contributed by atoms with Gasteiger partial charge >= 0.3 is 6.09 Å². The van der Waals surface area contributed by atoms with E-state index in [2.05, 4.69) is 17.2 Å². The molecule has 3 N–H and O–H groups in total. The van der Waals surface area contributed by atoms with E-state index in [9.17, 15) is 4.79 Å². The number of rotatable bonds is 4. The maximum absolute atomic E-state index is 11.3. The van der Waals surface area contributed by atoms with Crippen molar-refractivity contribution in [3.8, 4) is 11.8 Å². The molecule has 0 saturated carbocycles. The lowest BCUT2D eigenvalue weighted by Crippen LogP contribution is -2.24. The van der Waals surface area contributed by atoms with Gasteiger partial charge in [0.05, 0.1) is 13.2 Å². The summed E-state index contributed by atoms with van der Waals surface area (Å²) in [6, 6.07) is 7.62. The fraction of sp³-hybridized carbons (Fsp3) is 0.357. The smallest absolute Gasteiger partial charge is 0.407 e. The number of nitrogens with two attached hydrogens (primary N) is 1. The van der Waals surface area contributed by atoms with Crippen LogP contribution in [0.25, 0.3) is 0 Å². The first-order chi connectivity index (χ1) is 8.77. The van der Waals surface area contributed by atoms with Crippen LogP contribution >= 0.6 is 0 Å². The predicted octanol–water partition coefficient (Wildman–Crippen LogP) is 1.63. The molecule has 4 heteroatoms. The molecular formula is C14H18N2O2. The van der Waals surface area contributed by atoms with Crippen LogP contribution in [0.5, 0.6) is 0 Å².